The molecule has 16 heavy (non-hydrogen) atoms. The van der Waals surface area contributed by atoms with Gasteiger partial charge in [0.15, 0.2) is 0 Å². The van der Waals surface area contributed by atoms with Crippen LogP contribution in [-0.4, -0.2) is 13.1 Å². The van der Waals surface area contributed by atoms with E-state index in [0.29, 0.717) is 5.92 Å². The largest absolute Gasteiger partial charge is 0.341 e. The fourth-order valence-electron chi connectivity index (χ4n) is 1.45. The molecule has 0 fully saturated rings. The molecule has 88 valence electrons. The molecule has 0 aromatic heterocycles. The second-order valence-electron chi connectivity index (χ2n) is 4.34. The third-order valence-electron chi connectivity index (χ3n) is 2.42. The topological polar surface area (TPSA) is 41.1 Å². The molecule has 0 atom stereocenters. The van der Waals surface area contributed by atoms with Crippen LogP contribution in [0.4, 0.5) is 10.5 Å². The Morgan fingerprint density at radius 2 is 2.12 bits per heavy atom. The summed E-state index contributed by atoms with van der Waals surface area (Å²) in [4.78, 5) is 11.1. The van der Waals surface area contributed by atoms with Crippen molar-refractivity contribution >= 4 is 11.7 Å². The summed E-state index contributed by atoms with van der Waals surface area (Å²) in [7, 11) is 1.61. The predicted octanol–water partition coefficient (Wildman–Crippen LogP) is 3.03. The van der Waals surface area contributed by atoms with Gasteiger partial charge in [0.25, 0.3) is 0 Å². The number of anilines is 1. The molecule has 1 aromatic rings. The van der Waals surface area contributed by atoms with Crippen molar-refractivity contribution in [2.24, 2.45) is 5.92 Å². The number of carbonyl (C=O) groups is 1. The molecule has 0 saturated heterocycles. The Morgan fingerprint density at radius 1 is 1.38 bits per heavy atom. The fourth-order valence-corrected chi connectivity index (χ4v) is 1.45. The fraction of sp³-hybridized carbons (Fsp3) is 0.462. The van der Waals surface area contributed by atoms with Gasteiger partial charge in [-0.05, 0) is 36.5 Å². The highest BCUT2D eigenvalue weighted by molar-refractivity contribution is 5.89. The summed E-state index contributed by atoms with van der Waals surface area (Å²) < 4.78 is 0. The van der Waals surface area contributed by atoms with Crippen molar-refractivity contribution in [2.75, 3.05) is 12.4 Å². The Bertz CT molecular complexity index is 348. The van der Waals surface area contributed by atoms with E-state index in [4.69, 9.17) is 0 Å². The van der Waals surface area contributed by atoms with Gasteiger partial charge in [0.1, 0.15) is 0 Å². The minimum atomic E-state index is -0.180. The number of hydrogen-bond donors (Lipinski definition) is 2. The van der Waals surface area contributed by atoms with E-state index in [-0.39, 0.29) is 6.03 Å². The summed E-state index contributed by atoms with van der Waals surface area (Å²) in [6, 6.07) is 7.81. The van der Waals surface area contributed by atoms with Crippen molar-refractivity contribution in [1.29, 1.82) is 0 Å². The third kappa shape index (κ3) is 4.34. The van der Waals surface area contributed by atoms with Crippen molar-refractivity contribution in [1.82, 2.24) is 5.32 Å². The van der Waals surface area contributed by atoms with Gasteiger partial charge in [-0.3, -0.25) is 0 Å². The lowest BCUT2D eigenvalue weighted by Gasteiger charge is -2.08. The lowest BCUT2D eigenvalue weighted by atomic mass is 10.0. The van der Waals surface area contributed by atoms with Crippen molar-refractivity contribution in [3.05, 3.63) is 29.8 Å². The first-order valence-electron chi connectivity index (χ1n) is 5.69. The number of amides is 2. The van der Waals surface area contributed by atoms with E-state index in [9.17, 15) is 4.79 Å². The van der Waals surface area contributed by atoms with Gasteiger partial charge in [-0.2, -0.15) is 0 Å². The number of benzene rings is 1. The maximum atomic E-state index is 11.1. The van der Waals surface area contributed by atoms with Crippen LogP contribution in [0.5, 0.6) is 0 Å². The lowest BCUT2D eigenvalue weighted by molar-refractivity contribution is 0.254. The number of aryl methyl sites for hydroxylation is 1. The first-order valence-corrected chi connectivity index (χ1v) is 5.69. The second-order valence-corrected chi connectivity index (χ2v) is 4.34. The molecular weight excluding hydrogens is 200 g/mol. The zero-order chi connectivity index (χ0) is 12.0. The second kappa shape index (κ2) is 6.16. The quantitative estimate of drug-likeness (QED) is 0.804. The van der Waals surface area contributed by atoms with Gasteiger partial charge < -0.3 is 10.6 Å². The molecule has 0 saturated carbocycles. The average molecular weight is 220 g/mol. The molecule has 0 aliphatic rings. The zero-order valence-electron chi connectivity index (χ0n) is 10.2. The van der Waals surface area contributed by atoms with Gasteiger partial charge in [-0.1, -0.05) is 26.0 Å². The van der Waals surface area contributed by atoms with Crippen LogP contribution in [0.15, 0.2) is 24.3 Å². The first-order chi connectivity index (χ1) is 7.61. The van der Waals surface area contributed by atoms with Crippen LogP contribution in [-0.2, 0) is 6.42 Å². The molecule has 0 aliphatic heterocycles. The predicted molar refractivity (Wildman–Crippen MR) is 67.7 cm³/mol. The van der Waals surface area contributed by atoms with Gasteiger partial charge in [0.2, 0.25) is 0 Å². The maximum Gasteiger partial charge on any atom is 0.318 e. The normalized spacial score (nSPS) is 10.2. The molecule has 2 amide bonds. The highest BCUT2D eigenvalue weighted by atomic mass is 16.2. The van der Waals surface area contributed by atoms with Gasteiger partial charge in [0, 0.05) is 12.7 Å². The van der Waals surface area contributed by atoms with Crippen LogP contribution in [0.2, 0.25) is 0 Å². The highest BCUT2D eigenvalue weighted by Gasteiger charge is 2.01. The van der Waals surface area contributed by atoms with E-state index in [1.165, 1.54) is 12.0 Å². The summed E-state index contributed by atoms with van der Waals surface area (Å²) in [5.41, 5.74) is 2.11. The molecule has 0 unspecified atom stereocenters. The maximum absolute atomic E-state index is 11.1. The standard InChI is InChI=1S/C13H20N2O/c1-10(2)7-8-11-5-4-6-12(9-11)15-13(16)14-3/h4-6,9-10H,7-8H2,1-3H3,(H2,14,15,16). The smallest absolute Gasteiger partial charge is 0.318 e. The van der Waals surface area contributed by atoms with Crippen LogP contribution >= 0.6 is 0 Å². The molecule has 0 heterocycles. The van der Waals surface area contributed by atoms with Gasteiger partial charge in [-0.25, -0.2) is 4.79 Å². The van der Waals surface area contributed by atoms with E-state index in [1.54, 1.807) is 7.05 Å². The van der Waals surface area contributed by atoms with Crippen LogP contribution in [0.25, 0.3) is 0 Å². The minimum absolute atomic E-state index is 0.180. The molecule has 3 heteroatoms. The Balaban J connectivity index is 2.60. The molecule has 0 aliphatic carbocycles. The average Bonchev–Trinajstić information content (AvgIpc) is 2.26. The third-order valence-corrected chi connectivity index (χ3v) is 2.42. The van der Waals surface area contributed by atoms with E-state index >= 15 is 0 Å². The summed E-state index contributed by atoms with van der Waals surface area (Å²) >= 11 is 0. The summed E-state index contributed by atoms with van der Waals surface area (Å²) in [5.74, 6) is 0.704. The summed E-state index contributed by atoms with van der Waals surface area (Å²) in [6.07, 6.45) is 2.23. The van der Waals surface area contributed by atoms with E-state index in [2.05, 4.69) is 30.5 Å². The molecule has 0 bridgehead atoms. The van der Waals surface area contributed by atoms with Crippen molar-refractivity contribution in [2.45, 2.75) is 26.7 Å². The zero-order valence-corrected chi connectivity index (χ0v) is 10.2. The number of carbonyl (C=O) groups excluding carboxylic acids is 1. The number of urea groups is 1. The molecule has 2 N–H and O–H groups in total. The van der Waals surface area contributed by atoms with Gasteiger partial charge in [0.05, 0.1) is 0 Å². The monoisotopic (exact) mass is 220 g/mol. The summed E-state index contributed by atoms with van der Waals surface area (Å²) in [6.45, 7) is 4.43. The number of hydrogen-bond acceptors (Lipinski definition) is 1. The number of rotatable bonds is 4. The van der Waals surface area contributed by atoms with Crippen molar-refractivity contribution < 1.29 is 4.79 Å². The van der Waals surface area contributed by atoms with Crippen LogP contribution in [0, 0.1) is 5.92 Å². The number of nitrogens with one attached hydrogen (secondary N) is 2. The SMILES string of the molecule is CNC(=O)Nc1cccc(CCC(C)C)c1. The van der Waals surface area contributed by atoms with Crippen LogP contribution in [0.3, 0.4) is 0 Å². The van der Waals surface area contributed by atoms with Gasteiger partial charge >= 0.3 is 6.03 Å². The Morgan fingerprint density at radius 3 is 2.75 bits per heavy atom. The Labute approximate surface area is 97.2 Å². The van der Waals surface area contributed by atoms with Gasteiger partial charge in [-0.15, -0.1) is 0 Å². The molecule has 3 nitrogen and oxygen atoms in total. The van der Waals surface area contributed by atoms with Crippen molar-refractivity contribution in [3.63, 3.8) is 0 Å². The molecule has 0 spiro atoms. The Hall–Kier alpha value is -1.51. The minimum Gasteiger partial charge on any atom is -0.341 e. The highest BCUT2D eigenvalue weighted by Crippen LogP contribution is 2.14. The summed E-state index contributed by atoms with van der Waals surface area (Å²) in [5, 5.41) is 5.30. The van der Waals surface area contributed by atoms with E-state index in [1.807, 2.05) is 18.2 Å². The van der Waals surface area contributed by atoms with Crippen LogP contribution < -0.4 is 10.6 Å². The molecule has 1 rings (SSSR count). The van der Waals surface area contributed by atoms with Crippen LogP contribution in [0.1, 0.15) is 25.8 Å². The van der Waals surface area contributed by atoms with Crippen molar-refractivity contribution in [3.8, 4) is 0 Å². The molecule has 0 radical (unpaired) electrons. The van der Waals surface area contributed by atoms with E-state index < -0.39 is 0 Å². The lowest BCUT2D eigenvalue weighted by Crippen LogP contribution is -2.24. The molecule has 1 aromatic carbocycles. The van der Waals surface area contributed by atoms with E-state index in [0.717, 1.165) is 12.1 Å². The molecular formula is C13H20N2O. The first kappa shape index (κ1) is 12.6. The Kier molecular flexibility index (Phi) is 4.83.